The SMILES string of the molecule is COc1cccc(NC(=O)CCN2CC(C)OC(C)C2)c1.O=C(O)C(=O)O. The summed E-state index contributed by atoms with van der Waals surface area (Å²) in [6, 6.07) is 7.39. The zero-order valence-electron chi connectivity index (χ0n) is 15.7. The van der Waals surface area contributed by atoms with Gasteiger partial charge in [-0.1, -0.05) is 6.07 Å². The van der Waals surface area contributed by atoms with Crippen molar-refractivity contribution >= 4 is 23.5 Å². The summed E-state index contributed by atoms with van der Waals surface area (Å²) in [5.74, 6) is -2.89. The maximum atomic E-state index is 12.0. The largest absolute Gasteiger partial charge is 0.497 e. The number of carbonyl (C=O) groups is 3. The maximum absolute atomic E-state index is 12.0. The van der Waals surface area contributed by atoms with Gasteiger partial charge in [0.25, 0.3) is 0 Å². The lowest BCUT2D eigenvalue weighted by Gasteiger charge is -2.35. The van der Waals surface area contributed by atoms with Crippen molar-refractivity contribution in [3.8, 4) is 5.75 Å². The molecular weight excluding hydrogens is 356 g/mol. The number of methoxy groups -OCH3 is 1. The molecule has 0 saturated carbocycles. The second-order valence-corrected chi connectivity index (χ2v) is 6.16. The highest BCUT2D eigenvalue weighted by Gasteiger charge is 2.22. The van der Waals surface area contributed by atoms with Gasteiger partial charge in [0.15, 0.2) is 0 Å². The maximum Gasteiger partial charge on any atom is 0.414 e. The van der Waals surface area contributed by atoms with Crippen LogP contribution in [0.4, 0.5) is 5.69 Å². The third-order valence-corrected chi connectivity index (χ3v) is 3.69. The fourth-order valence-electron chi connectivity index (χ4n) is 2.65. The quantitative estimate of drug-likeness (QED) is 0.651. The fourth-order valence-corrected chi connectivity index (χ4v) is 2.65. The van der Waals surface area contributed by atoms with Crippen LogP contribution in [0, 0.1) is 0 Å². The average Bonchev–Trinajstić information content (AvgIpc) is 2.60. The second kappa shape index (κ2) is 11.1. The third kappa shape index (κ3) is 9.02. The highest BCUT2D eigenvalue weighted by Crippen LogP contribution is 2.17. The number of nitrogens with zero attached hydrogens (tertiary/aromatic N) is 1. The smallest absolute Gasteiger partial charge is 0.414 e. The molecule has 0 radical (unpaired) electrons. The van der Waals surface area contributed by atoms with Crippen LogP contribution in [-0.4, -0.2) is 71.9 Å². The zero-order valence-corrected chi connectivity index (χ0v) is 15.7. The molecule has 2 rings (SSSR count). The van der Waals surface area contributed by atoms with Crippen molar-refractivity contribution in [3.05, 3.63) is 24.3 Å². The minimum Gasteiger partial charge on any atom is -0.497 e. The zero-order chi connectivity index (χ0) is 20.4. The van der Waals surface area contributed by atoms with E-state index in [0.29, 0.717) is 6.42 Å². The molecule has 1 aromatic rings. The Hall–Kier alpha value is -2.65. The summed E-state index contributed by atoms with van der Waals surface area (Å²) in [6.07, 6.45) is 0.946. The third-order valence-electron chi connectivity index (χ3n) is 3.69. The van der Waals surface area contributed by atoms with Gasteiger partial charge < -0.3 is 25.0 Å². The predicted octanol–water partition coefficient (Wildman–Crippen LogP) is 1.29. The van der Waals surface area contributed by atoms with Crippen LogP contribution in [-0.2, 0) is 19.1 Å². The van der Waals surface area contributed by atoms with E-state index in [4.69, 9.17) is 29.3 Å². The molecule has 2 unspecified atom stereocenters. The molecule has 1 aliphatic heterocycles. The molecule has 0 aromatic heterocycles. The summed E-state index contributed by atoms with van der Waals surface area (Å²) < 4.78 is 10.8. The Balaban J connectivity index is 0.000000527. The molecule has 9 heteroatoms. The van der Waals surface area contributed by atoms with E-state index < -0.39 is 11.9 Å². The van der Waals surface area contributed by atoms with Crippen molar-refractivity contribution in [1.82, 2.24) is 4.90 Å². The van der Waals surface area contributed by atoms with Gasteiger partial charge >= 0.3 is 11.9 Å². The predicted molar refractivity (Wildman–Crippen MR) is 98.0 cm³/mol. The summed E-state index contributed by atoms with van der Waals surface area (Å²) >= 11 is 0. The van der Waals surface area contributed by atoms with Crippen molar-refractivity contribution in [2.45, 2.75) is 32.5 Å². The summed E-state index contributed by atoms with van der Waals surface area (Å²) in [4.78, 5) is 32.5. The number of carboxylic acid groups (broad SMARTS) is 2. The summed E-state index contributed by atoms with van der Waals surface area (Å²) in [6.45, 7) is 6.67. The van der Waals surface area contributed by atoms with E-state index in [0.717, 1.165) is 31.1 Å². The summed E-state index contributed by atoms with van der Waals surface area (Å²) in [7, 11) is 1.61. The number of carbonyl (C=O) groups excluding carboxylic acids is 1. The van der Waals surface area contributed by atoms with Crippen LogP contribution in [0.3, 0.4) is 0 Å². The van der Waals surface area contributed by atoms with Gasteiger partial charge in [-0.25, -0.2) is 9.59 Å². The van der Waals surface area contributed by atoms with Crippen LogP contribution < -0.4 is 10.1 Å². The Morgan fingerprint density at radius 1 is 1.19 bits per heavy atom. The molecule has 2 atom stereocenters. The first-order chi connectivity index (χ1) is 12.7. The number of hydrogen-bond donors (Lipinski definition) is 3. The molecule has 0 aliphatic carbocycles. The molecule has 1 saturated heterocycles. The number of ether oxygens (including phenoxy) is 2. The van der Waals surface area contributed by atoms with Gasteiger partial charge in [-0.3, -0.25) is 9.69 Å². The molecule has 1 aliphatic rings. The van der Waals surface area contributed by atoms with E-state index in [9.17, 15) is 4.79 Å². The van der Waals surface area contributed by atoms with Crippen molar-refractivity contribution < 1.29 is 34.1 Å². The second-order valence-electron chi connectivity index (χ2n) is 6.16. The van der Waals surface area contributed by atoms with Crippen molar-refractivity contribution in [3.63, 3.8) is 0 Å². The van der Waals surface area contributed by atoms with Crippen molar-refractivity contribution in [2.75, 3.05) is 32.1 Å². The highest BCUT2D eigenvalue weighted by atomic mass is 16.5. The highest BCUT2D eigenvalue weighted by molar-refractivity contribution is 6.27. The number of rotatable bonds is 5. The number of morpholine rings is 1. The number of amides is 1. The van der Waals surface area contributed by atoms with E-state index in [1.54, 1.807) is 7.11 Å². The number of aliphatic carboxylic acids is 2. The molecule has 27 heavy (non-hydrogen) atoms. The first kappa shape index (κ1) is 22.4. The average molecular weight is 382 g/mol. The number of nitrogens with one attached hydrogen (secondary N) is 1. The normalized spacial score (nSPS) is 19.4. The molecule has 150 valence electrons. The molecule has 3 N–H and O–H groups in total. The first-order valence-electron chi connectivity index (χ1n) is 8.49. The molecule has 1 fully saturated rings. The molecular formula is C18H26N2O7. The molecule has 0 spiro atoms. The Bertz CT molecular complexity index is 628. The first-order valence-corrected chi connectivity index (χ1v) is 8.49. The van der Waals surface area contributed by atoms with Gasteiger partial charge in [0.1, 0.15) is 5.75 Å². The Morgan fingerprint density at radius 2 is 1.78 bits per heavy atom. The standard InChI is InChI=1S/C16H24N2O3.C2H2O4/c1-12-10-18(11-13(2)21-12)8-7-16(19)17-14-5-4-6-15(9-14)20-3;3-1(4)2(5)6/h4-6,9,12-13H,7-8,10-11H2,1-3H3,(H,17,19);(H,3,4)(H,5,6). The minimum atomic E-state index is -1.82. The van der Waals surface area contributed by atoms with Crippen molar-refractivity contribution in [1.29, 1.82) is 0 Å². The van der Waals surface area contributed by atoms with E-state index >= 15 is 0 Å². The van der Waals surface area contributed by atoms with E-state index in [-0.39, 0.29) is 18.1 Å². The number of benzene rings is 1. The van der Waals surface area contributed by atoms with Gasteiger partial charge in [-0.05, 0) is 26.0 Å². The molecule has 0 bridgehead atoms. The summed E-state index contributed by atoms with van der Waals surface area (Å²) in [5, 5.41) is 17.7. The monoisotopic (exact) mass is 382 g/mol. The van der Waals surface area contributed by atoms with Gasteiger partial charge in [0.2, 0.25) is 5.91 Å². The minimum absolute atomic E-state index is 0.0232. The topological polar surface area (TPSA) is 125 Å². The molecule has 1 aromatic carbocycles. The van der Waals surface area contributed by atoms with Crippen molar-refractivity contribution in [2.24, 2.45) is 0 Å². The van der Waals surface area contributed by atoms with Crippen LogP contribution >= 0.6 is 0 Å². The van der Waals surface area contributed by atoms with Crippen LogP contribution in [0.2, 0.25) is 0 Å². The van der Waals surface area contributed by atoms with Gasteiger partial charge in [0.05, 0.1) is 19.3 Å². The Morgan fingerprint density at radius 3 is 2.30 bits per heavy atom. The van der Waals surface area contributed by atoms with Crippen LogP contribution in [0.5, 0.6) is 5.75 Å². The number of hydrogen-bond acceptors (Lipinski definition) is 6. The Labute approximate surface area is 157 Å². The van der Waals surface area contributed by atoms with Crippen LogP contribution in [0.25, 0.3) is 0 Å². The van der Waals surface area contributed by atoms with Gasteiger partial charge in [0, 0.05) is 37.8 Å². The number of carboxylic acids is 2. The Kier molecular flexibility index (Phi) is 9.24. The number of anilines is 1. The molecule has 1 heterocycles. The van der Waals surface area contributed by atoms with Crippen LogP contribution in [0.15, 0.2) is 24.3 Å². The molecule has 1 amide bonds. The lowest BCUT2D eigenvalue weighted by Crippen LogP contribution is -2.46. The van der Waals surface area contributed by atoms with Crippen LogP contribution in [0.1, 0.15) is 20.3 Å². The fraction of sp³-hybridized carbons (Fsp3) is 0.500. The summed E-state index contributed by atoms with van der Waals surface area (Å²) in [5.41, 5.74) is 0.767. The van der Waals surface area contributed by atoms with E-state index in [1.807, 2.05) is 24.3 Å². The lowest BCUT2D eigenvalue weighted by molar-refractivity contribution is -0.159. The lowest BCUT2D eigenvalue weighted by atomic mass is 10.2. The van der Waals surface area contributed by atoms with E-state index in [1.165, 1.54) is 0 Å². The molecule has 9 nitrogen and oxygen atoms in total. The van der Waals surface area contributed by atoms with E-state index in [2.05, 4.69) is 24.1 Å². The van der Waals surface area contributed by atoms with Gasteiger partial charge in [-0.15, -0.1) is 0 Å². The van der Waals surface area contributed by atoms with Gasteiger partial charge in [-0.2, -0.15) is 0 Å².